The summed E-state index contributed by atoms with van der Waals surface area (Å²) in [6, 6.07) is 9.19. The Morgan fingerprint density at radius 3 is 3.05 bits per heavy atom. The van der Waals surface area contributed by atoms with Crippen LogP contribution >= 0.6 is 9.39 Å². The van der Waals surface area contributed by atoms with Gasteiger partial charge in [-0.15, -0.1) is 11.6 Å². The molecular weight excluding hydrogens is 294 g/mol. The maximum absolute atomic E-state index is 12.3. The van der Waals surface area contributed by atoms with Crippen LogP contribution in [0.15, 0.2) is 18.2 Å². The standard InChI is InChI=1S/C14H18N2OP.V/c17-13-14(6-3-8-15-13)7-9-16(18)12-5-2-1-4-11(12)10-14;/h2,4-5H,3,6-10,18H2,(H,15,17);/q-1;. The minimum absolute atomic E-state index is 0. The molecule has 0 bridgehead atoms. The SMILES string of the molecule is O=C1NCCCC12CCN(P)c1cc[c-]cc1C2.[V]. The van der Waals surface area contributed by atoms with Crippen molar-refractivity contribution in [2.24, 2.45) is 5.41 Å². The van der Waals surface area contributed by atoms with E-state index in [1.807, 2.05) is 12.1 Å². The quantitative estimate of drug-likeness (QED) is 0.586. The molecule has 1 saturated heterocycles. The Hall–Kier alpha value is -0.496. The second-order valence-corrected chi connectivity index (χ2v) is 5.94. The molecule has 3 rings (SSSR count). The van der Waals surface area contributed by atoms with Gasteiger partial charge in [-0.25, -0.2) is 0 Å². The maximum atomic E-state index is 12.3. The Balaban J connectivity index is 0.00000133. The average molecular weight is 312 g/mol. The van der Waals surface area contributed by atoms with Crippen LogP contribution in [0.3, 0.4) is 0 Å². The normalized spacial score (nSPS) is 26.2. The van der Waals surface area contributed by atoms with Gasteiger partial charge in [0.1, 0.15) is 0 Å². The first-order valence-corrected chi connectivity index (χ1v) is 7.02. The van der Waals surface area contributed by atoms with E-state index < -0.39 is 0 Å². The molecule has 0 aliphatic carbocycles. The fourth-order valence-electron chi connectivity index (χ4n) is 3.12. The fourth-order valence-corrected chi connectivity index (χ4v) is 3.50. The minimum Gasteiger partial charge on any atom is -0.378 e. The molecule has 101 valence electrons. The molecule has 1 radical (unpaired) electrons. The number of nitrogens with zero attached hydrogens (tertiary/aromatic N) is 1. The number of nitrogens with one attached hydrogen (secondary N) is 1. The van der Waals surface area contributed by atoms with Crippen LogP contribution in [0.25, 0.3) is 0 Å². The van der Waals surface area contributed by atoms with Crippen molar-refractivity contribution in [2.75, 3.05) is 17.8 Å². The number of carbonyl (C=O) groups is 1. The van der Waals surface area contributed by atoms with Crippen molar-refractivity contribution in [3.63, 3.8) is 0 Å². The molecule has 2 aliphatic rings. The number of rotatable bonds is 0. The first kappa shape index (κ1) is 14.9. The van der Waals surface area contributed by atoms with Gasteiger partial charge < -0.3 is 9.99 Å². The number of hydrogen-bond donors (Lipinski definition) is 1. The van der Waals surface area contributed by atoms with Crippen LogP contribution in [-0.2, 0) is 29.8 Å². The molecule has 1 fully saturated rings. The average Bonchev–Trinajstić information content (AvgIpc) is 2.53. The molecule has 5 heteroatoms. The van der Waals surface area contributed by atoms with Gasteiger partial charge in [-0.3, -0.25) is 4.79 Å². The van der Waals surface area contributed by atoms with Gasteiger partial charge in [0, 0.05) is 37.1 Å². The van der Waals surface area contributed by atoms with E-state index in [0.29, 0.717) is 0 Å². The Morgan fingerprint density at radius 1 is 1.42 bits per heavy atom. The number of piperidine rings is 1. The molecular formula is C14H18N2OPV-. The molecule has 0 saturated carbocycles. The van der Waals surface area contributed by atoms with E-state index in [0.717, 1.165) is 38.8 Å². The Kier molecular flexibility index (Phi) is 4.60. The van der Waals surface area contributed by atoms with E-state index in [1.54, 1.807) is 0 Å². The molecule has 2 heterocycles. The largest absolute Gasteiger partial charge is 0.378 e. The van der Waals surface area contributed by atoms with Crippen molar-refractivity contribution in [1.29, 1.82) is 0 Å². The summed E-state index contributed by atoms with van der Waals surface area (Å²) in [5.41, 5.74) is 2.25. The van der Waals surface area contributed by atoms with Gasteiger partial charge >= 0.3 is 0 Å². The summed E-state index contributed by atoms with van der Waals surface area (Å²) in [4.78, 5) is 12.3. The number of anilines is 1. The van der Waals surface area contributed by atoms with Crippen LogP contribution in [0.4, 0.5) is 5.69 Å². The Labute approximate surface area is 128 Å². The van der Waals surface area contributed by atoms with Gasteiger partial charge in [-0.05, 0) is 28.7 Å². The third-order valence-electron chi connectivity index (χ3n) is 4.19. The van der Waals surface area contributed by atoms with Crippen LogP contribution in [0.1, 0.15) is 24.8 Å². The number of benzene rings is 1. The molecule has 19 heavy (non-hydrogen) atoms. The zero-order chi connectivity index (χ0) is 12.6. The number of hydrogen-bond acceptors (Lipinski definition) is 2. The Morgan fingerprint density at radius 2 is 2.26 bits per heavy atom. The second-order valence-electron chi connectivity index (χ2n) is 5.31. The van der Waals surface area contributed by atoms with Crippen LogP contribution in [0, 0.1) is 11.5 Å². The zero-order valence-electron chi connectivity index (χ0n) is 10.9. The summed E-state index contributed by atoms with van der Waals surface area (Å²) in [5, 5.41) is 3.04. The van der Waals surface area contributed by atoms with Crippen molar-refractivity contribution in [1.82, 2.24) is 5.32 Å². The molecule has 1 N–H and O–H groups in total. The van der Waals surface area contributed by atoms with Gasteiger partial charge in [-0.1, -0.05) is 12.1 Å². The van der Waals surface area contributed by atoms with Crippen molar-refractivity contribution in [3.05, 3.63) is 29.8 Å². The predicted molar refractivity (Wildman–Crippen MR) is 75.3 cm³/mol. The molecule has 3 nitrogen and oxygen atoms in total. The molecule has 1 spiro atoms. The van der Waals surface area contributed by atoms with Crippen molar-refractivity contribution in [3.8, 4) is 0 Å². The molecule has 0 aromatic heterocycles. The molecule has 1 aromatic rings. The number of fused-ring (bicyclic) bond motifs is 1. The monoisotopic (exact) mass is 312 g/mol. The van der Waals surface area contributed by atoms with Gasteiger partial charge in [0.25, 0.3) is 0 Å². The Bertz CT molecular complexity index is 482. The summed E-state index contributed by atoms with van der Waals surface area (Å²) < 4.78 is 2.18. The zero-order valence-corrected chi connectivity index (χ0v) is 13.4. The third kappa shape index (κ3) is 2.70. The van der Waals surface area contributed by atoms with E-state index in [-0.39, 0.29) is 29.9 Å². The molecule has 2 aliphatic heterocycles. The summed E-state index contributed by atoms with van der Waals surface area (Å²) in [6.07, 6.45) is 3.87. The van der Waals surface area contributed by atoms with E-state index in [4.69, 9.17) is 0 Å². The molecule has 1 aromatic carbocycles. The predicted octanol–water partition coefficient (Wildman–Crippen LogP) is 1.92. The first-order chi connectivity index (χ1) is 8.71. The van der Waals surface area contributed by atoms with E-state index in [2.05, 4.69) is 31.5 Å². The third-order valence-corrected chi connectivity index (χ3v) is 4.73. The van der Waals surface area contributed by atoms with Gasteiger partial charge in [0.15, 0.2) is 0 Å². The molecule has 2 atom stereocenters. The fraction of sp³-hybridized carbons (Fsp3) is 0.500. The smallest absolute Gasteiger partial charge is 0.225 e. The van der Waals surface area contributed by atoms with Crippen LogP contribution in [-0.4, -0.2) is 19.0 Å². The maximum Gasteiger partial charge on any atom is 0.225 e. The first-order valence-electron chi connectivity index (χ1n) is 6.51. The summed E-state index contributed by atoms with van der Waals surface area (Å²) in [7, 11) is 2.77. The molecule has 1 amide bonds. The van der Waals surface area contributed by atoms with Crippen LogP contribution < -0.4 is 9.99 Å². The van der Waals surface area contributed by atoms with Crippen molar-refractivity contribution < 1.29 is 23.4 Å². The summed E-state index contributed by atoms with van der Waals surface area (Å²) >= 11 is 0. The molecule has 2 unspecified atom stereocenters. The minimum atomic E-state index is -0.201. The summed E-state index contributed by atoms with van der Waals surface area (Å²) in [6.45, 7) is 1.74. The van der Waals surface area contributed by atoms with Gasteiger partial charge in [0.05, 0.1) is 0 Å². The number of amides is 1. The van der Waals surface area contributed by atoms with Crippen molar-refractivity contribution >= 4 is 21.0 Å². The van der Waals surface area contributed by atoms with Crippen molar-refractivity contribution in [2.45, 2.75) is 25.7 Å². The topological polar surface area (TPSA) is 32.3 Å². The van der Waals surface area contributed by atoms with Crippen LogP contribution in [0.5, 0.6) is 0 Å². The van der Waals surface area contributed by atoms with E-state index in [1.165, 1.54) is 11.3 Å². The summed E-state index contributed by atoms with van der Waals surface area (Å²) in [5.74, 6) is 0.240. The second kappa shape index (κ2) is 5.87. The van der Waals surface area contributed by atoms with E-state index >= 15 is 0 Å². The van der Waals surface area contributed by atoms with Gasteiger partial charge in [0.2, 0.25) is 5.91 Å². The van der Waals surface area contributed by atoms with E-state index in [9.17, 15) is 4.79 Å². The van der Waals surface area contributed by atoms with Crippen LogP contribution in [0.2, 0.25) is 0 Å². The van der Waals surface area contributed by atoms with Gasteiger partial charge in [-0.2, -0.15) is 18.2 Å². The number of carbonyl (C=O) groups excluding carboxylic acids is 1.